The highest BCUT2D eigenvalue weighted by atomic mass is 79.9. The van der Waals surface area contributed by atoms with E-state index in [1.165, 1.54) is 18.2 Å². The molecule has 104 valence electrons. The van der Waals surface area contributed by atoms with Crippen LogP contribution in [-0.4, -0.2) is 16.1 Å². The minimum Gasteiger partial charge on any atom is -0.504 e. The molecule has 20 heavy (non-hydrogen) atoms. The lowest BCUT2D eigenvalue weighted by atomic mass is 10.1. The van der Waals surface area contributed by atoms with E-state index >= 15 is 0 Å². The Hall–Kier alpha value is -2.01. The molecule has 4 nitrogen and oxygen atoms in total. The largest absolute Gasteiger partial charge is 0.504 e. The summed E-state index contributed by atoms with van der Waals surface area (Å²) in [6, 6.07) is 9.59. The SMILES string of the molecule is CCc1cc(Br)ccc1NC(=O)c1ccc(O)c(O)c1. The number of carbonyl (C=O) groups excluding carboxylic acids is 1. The van der Waals surface area contributed by atoms with Gasteiger partial charge in [0.25, 0.3) is 5.91 Å². The number of phenolic OH excluding ortho intramolecular Hbond substituents is 2. The van der Waals surface area contributed by atoms with Crippen LogP contribution >= 0.6 is 15.9 Å². The van der Waals surface area contributed by atoms with Crippen molar-refractivity contribution in [3.63, 3.8) is 0 Å². The van der Waals surface area contributed by atoms with E-state index in [9.17, 15) is 15.0 Å². The third-order valence-corrected chi connectivity index (χ3v) is 3.43. The van der Waals surface area contributed by atoms with Gasteiger partial charge in [-0.25, -0.2) is 0 Å². The van der Waals surface area contributed by atoms with Gasteiger partial charge in [-0.05, 0) is 48.4 Å². The van der Waals surface area contributed by atoms with Gasteiger partial charge in [-0.1, -0.05) is 22.9 Å². The van der Waals surface area contributed by atoms with E-state index in [0.29, 0.717) is 0 Å². The van der Waals surface area contributed by atoms with Crippen LogP contribution in [0.15, 0.2) is 40.9 Å². The highest BCUT2D eigenvalue weighted by molar-refractivity contribution is 9.10. The highest BCUT2D eigenvalue weighted by Gasteiger charge is 2.11. The second-order valence-electron chi connectivity index (χ2n) is 4.31. The predicted octanol–water partition coefficient (Wildman–Crippen LogP) is 3.68. The Balaban J connectivity index is 2.25. The zero-order valence-corrected chi connectivity index (χ0v) is 12.4. The number of nitrogens with one attached hydrogen (secondary N) is 1. The summed E-state index contributed by atoms with van der Waals surface area (Å²) in [6.45, 7) is 2.00. The van der Waals surface area contributed by atoms with Crippen LogP contribution in [0.4, 0.5) is 5.69 Å². The van der Waals surface area contributed by atoms with E-state index in [0.717, 1.165) is 22.1 Å². The van der Waals surface area contributed by atoms with Crippen molar-refractivity contribution >= 4 is 27.5 Å². The summed E-state index contributed by atoms with van der Waals surface area (Å²) in [5, 5.41) is 21.5. The number of hydrogen-bond donors (Lipinski definition) is 3. The normalized spacial score (nSPS) is 10.3. The lowest BCUT2D eigenvalue weighted by molar-refractivity contribution is 0.102. The lowest BCUT2D eigenvalue weighted by Gasteiger charge is -2.11. The molecule has 0 atom stereocenters. The van der Waals surface area contributed by atoms with Gasteiger partial charge in [0, 0.05) is 15.7 Å². The molecule has 2 aromatic rings. The maximum Gasteiger partial charge on any atom is 0.255 e. The Morgan fingerprint density at radius 2 is 1.90 bits per heavy atom. The van der Waals surface area contributed by atoms with Gasteiger partial charge in [-0.3, -0.25) is 4.79 Å². The van der Waals surface area contributed by atoms with Crippen LogP contribution in [-0.2, 0) is 6.42 Å². The van der Waals surface area contributed by atoms with E-state index in [4.69, 9.17) is 0 Å². The molecule has 5 heteroatoms. The molecule has 0 aliphatic rings. The molecular formula is C15H14BrNO3. The molecule has 2 aromatic carbocycles. The first-order chi connectivity index (χ1) is 9.51. The predicted molar refractivity (Wildman–Crippen MR) is 81.2 cm³/mol. The minimum atomic E-state index is -0.336. The molecule has 0 heterocycles. The minimum absolute atomic E-state index is 0.251. The Bertz CT molecular complexity index is 656. The van der Waals surface area contributed by atoms with Crippen molar-refractivity contribution in [2.75, 3.05) is 5.32 Å². The zero-order valence-electron chi connectivity index (χ0n) is 10.9. The first-order valence-electron chi connectivity index (χ1n) is 6.13. The zero-order chi connectivity index (χ0) is 14.7. The Labute approximate surface area is 125 Å². The average molecular weight is 336 g/mol. The number of hydrogen-bond acceptors (Lipinski definition) is 3. The first-order valence-corrected chi connectivity index (χ1v) is 6.92. The third-order valence-electron chi connectivity index (χ3n) is 2.93. The molecule has 0 fully saturated rings. The van der Waals surface area contributed by atoms with Gasteiger partial charge in [-0.2, -0.15) is 0 Å². The van der Waals surface area contributed by atoms with Crippen LogP contribution in [0.5, 0.6) is 11.5 Å². The number of anilines is 1. The van der Waals surface area contributed by atoms with Gasteiger partial charge < -0.3 is 15.5 Å². The monoisotopic (exact) mass is 335 g/mol. The topological polar surface area (TPSA) is 69.6 Å². The maximum atomic E-state index is 12.1. The van der Waals surface area contributed by atoms with E-state index in [1.807, 2.05) is 25.1 Å². The average Bonchev–Trinajstić information content (AvgIpc) is 2.43. The van der Waals surface area contributed by atoms with E-state index in [1.54, 1.807) is 0 Å². The molecule has 0 aliphatic carbocycles. The molecule has 0 saturated heterocycles. The summed E-state index contributed by atoms with van der Waals surface area (Å²) in [5.41, 5.74) is 2.02. The highest BCUT2D eigenvalue weighted by Crippen LogP contribution is 2.26. The fraction of sp³-hybridized carbons (Fsp3) is 0.133. The summed E-state index contributed by atoms with van der Waals surface area (Å²) in [5.74, 6) is -0.902. The molecule has 2 rings (SSSR count). The molecule has 0 spiro atoms. The second-order valence-corrected chi connectivity index (χ2v) is 5.23. The molecule has 0 unspecified atom stereocenters. The van der Waals surface area contributed by atoms with Crippen molar-refractivity contribution in [1.82, 2.24) is 0 Å². The smallest absolute Gasteiger partial charge is 0.255 e. The van der Waals surface area contributed by atoms with Crippen molar-refractivity contribution in [3.8, 4) is 11.5 Å². The van der Waals surface area contributed by atoms with Crippen LogP contribution in [0, 0.1) is 0 Å². The van der Waals surface area contributed by atoms with Crippen molar-refractivity contribution in [3.05, 3.63) is 52.0 Å². The summed E-state index contributed by atoms with van der Waals surface area (Å²) in [6.07, 6.45) is 0.788. The van der Waals surface area contributed by atoms with Gasteiger partial charge in [0.05, 0.1) is 0 Å². The van der Waals surface area contributed by atoms with Crippen LogP contribution < -0.4 is 5.32 Å². The van der Waals surface area contributed by atoms with Gasteiger partial charge in [0.1, 0.15) is 0 Å². The summed E-state index contributed by atoms with van der Waals surface area (Å²) >= 11 is 3.39. The van der Waals surface area contributed by atoms with Crippen molar-refractivity contribution in [2.24, 2.45) is 0 Å². The number of amides is 1. The van der Waals surface area contributed by atoms with Crippen LogP contribution in [0.3, 0.4) is 0 Å². The van der Waals surface area contributed by atoms with Gasteiger partial charge in [-0.15, -0.1) is 0 Å². The van der Waals surface area contributed by atoms with Crippen molar-refractivity contribution < 1.29 is 15.0 Å². The number of rotatable bonds is 3. The summed E-state index contributed by atoms with van der Waals surface area (Å²) in [7, 11) is 0. The van der Waals surface area contributed by atoms with Crippen LogP contribution in [0.2, 0.25) is 0 Å². The molecule has 0 radical (unpaired) electrons. The van der Waals surface area contributed by atoms with Gasteiger partial charge >= 0.3 is 0 Å². The van der Waals surface area contributed by atoms with Crippen LogP contribution in [0.25, 0.3) is 0 Å². The molecular weight excluding hydrogens is 322 g/mol. The molecule has 0 bridgehead atoms. The standard InChI is InChI=1S/C15H14BrNO3/c1-2-9-7-11(16)4-5-12(9)17-15(20)10-3-6-13(18)14(19)8-10/h3-8,18-19H,2H2,1H3,(H,17,20). The number of halogens is 1. The van der Waals surface area contributed by atoms with E-state index < -0.39 is 0 Å². The number of aromatic hydroxyl groups is 2. The second kappa shape index (κ2) is 5.96. The van der Waals surface area contributed by atoms with E-state index in [-0.39, 0.29) is 23.0 Å². The van der Waals surface area contributed by atoms with E-state index in [2.05, 4.69) is 21.2 Å². The molecule has 0 aromatic heterocycles. The molecule has 0 saturated carbocycles. The number of phenols is 2. The van der Waals surface area contributed by atoms with Crippen LogP contribution in [0.1, 0.15) is 22.8 Å². The molecule has 3 N–H and O–H groups in total. The number of aryl methyl sites for hydroxylation is 1. The Morgan fingerprint density at radius 1 is 1.15 bits per heavy atom. The first kappa shape index (κ1) is 14.4. The van der Waals surface area contributed by atoms with Gasteiger partial charge in [0.15, 0.2) is 11.5 Å². The fourth-order valence-electron chi connectivity index (χ4n) is 1.84. The summed E-state index contributed by atoms with van der Waals surface area (Å²) < 4.78 is 0.953. The lowest BCUT2D eigenvalue weighted by Crippen LogP contribution is -2.13. The Kier molecular flexibility index (Phi) is 4.29. The van der Waals surface area contributed by atoms with Crippen molar-refractivity contribution in [2.45, 2.75) is 13.3 Å². The summed E-state index contributed by atoms with van der Waals surface area (Å²) in [4.78, 5) is 12.1. The molecule has 0 aliphatic heterocycles. The fourth-order valence-corrected chi connectivity index (χ4v) is 2.24. The maximum absolute atomic E-state index is 12.1. The third kappa shape index (κ3) is 3.11. The quantitative estimate of drug-likeness (QED) is 0.749. The Morgan fingerprint density at radius 3 is 2.55 bits per heavy atom. The molecule has 1 amide bonds. The number of carbonyl (C=O) groups is 1. The number of benzene rings is 2. The van der Waals surface area contributed by atoms with Gasteiger partial charge in [0.2, 0.25) is 0 Å². The van der Waals surface area contributed by atoms with Crippen molar-refractivity contribution in [1.29, 1.82) is 0 Å².